The first kappa shape index (κ1) is 9.43. The van der Waals surface area contributed by atoms with Gasteiger partial charge in [-0.25, -0.2) is 0 Å². The van der Waals surface area contributed by atoms with E-state index >= 15 is 0 Å². The third kappa shape index (κ3) is 7.43. The second-order valence-corrected chi connectivity index (χ2v) is 2.07. The van der Waals surface area contributed by atoms with Crippen molar-refractivity contribution in [1.29, 1.82) is 0 Å². The second-order valence-electron chi connectivity index (χ2n) is 2.07. The van der Waals surface area contributed by atoms with Crippen molar-refractivity contribution in [3.8, 4) is 0 Å². The van der Waals surface area contributed by atoms with Gasteiger partial charge in [0.1, 0.15) is 0 Å². The topological polar surface area (TPSA) is 44.6 Å². The Morgan fingerprint density at radius 1 is 1.60 bits per heavy atom. The van der Waals surface area contributed by atoms with E-state index < -0.39 is 0 Å². The summed E-state index contributed by atoms with van der Waals surface area (Å²) in [5.74, 6) is 0. The molecule has 0 heterocycles. The molecule has 0 amide bonds. The van der Waals surface area contributed by atoms with Crippen molar-refractivity contribution in [1.82, 2.24) is 5.32 Å². The van der Waals surface area contributed by atoms with Crippen LogP contribution in [0, 0.1) is 0 Å². The molecule has 0 bridgehead atoms. The summed E-state index contributed by atoms with van der Waals surface area (Å²) in [6.07, 6.45) is 3.97. The molecule has 0 aromatic carbocycles. The van der Waals surface area contributed by atoms with Crippen molar-refractivity contribution < 1.29 is 5.11 Å². The molecule has 60 valence electrons. The summed E-state index contributed by atoms with van der Waals surface area (Å²) in [4.78, 5) is 4.05. The van der Waals surface area contributed by atoms with Gasteiger partial charge in [0.15, 0.2) is 0 Å². The lowest BCUT2D eigenvalue weighted by molar-refractivity contribution is 0.301. The number of rotatable bonds is 6. The Labute approximate surface area is 62.2 Å². The van der Waals surface area contributed by atoms with Crippen molar-refractivity contribution in [3.05, 3.63) is 0 Å². The zero-order chi connectivity index (χ0) is 7.66. The Balaban J connectivity index is 2.89. The van der Waals surface area contributed by atoms with Gasteiger partial charge in [0.2, 0.25) is 0 Å². The Kier molecular flexibility index (Phi) is 7.95. The predicted octanol–water partition coefficient (Wildman–Crippen LogP) is 0.397. The standard InChI is InChI=1S/C7H16N2O/c1-2-3-4-8-7-9-5-6-10/h7,10H,2-6H2,1H3,(H,8,9). The lowest BCUT2D eigenvalue weighted by Gasteiger charge is -1.93. The van der Waals surface area contributed by atoms with Crippen LogP contribution in [0.3, 0.4) is 0 Å². The monoisotopic (exact) mass is 144 g/mol. The molecule has 0 atom stereocenters. The van der Waals surface area contributed by atoms with E-state index in [9.17, 15) is 0 Å². The number of nitrogens with one attached hydrogen (secondary N) is 1. The summed E-state index contributed by atoms with van der Waals surface area (Å²) < 4.78 is 0. The van der Waals surface area contributed by atoms with Gasteiger partial charge in [-0.2, -0.15) is 0 Å². The van der Waals surface area contributed by atoms with Crippen LogP contribution in [0.25, 0.3) is 0 Å². The summed E-state index contributed by atoms with van der Waals surface area (Å²) in [5, 5.41) is 11.2. The van der Waals surface area contributed by atoms with E-state index in [4.69, 9.17) is 5.11 Å². The highest BCUT2D eigenvalue weighted by Gasteiger charge is 1.77. The van der Waals surface area contributed by atoms with Crippen LogP contribution >= 0.6 is 0 Å². The van der Waals surface area contributed by atoms with Gasteiger partial charge < -0.3 is 10.4 Å². The van der Waals surface area contributed by atoms with Gasteiger partial charge in [-0.3, -0.25) is 4.99 Å². The highest BCUT2D eigenvalue weighted by molar-refractivity contribution is 5.53. The van der Waals surface area contributed by atoms with Gasteiger partial charge in [0, 0.05) is 13.1 Å². The third-order valence-corrected chi connectivity index (χ3v) is 1.08. The number of aliphatic hydroxyl groups is 1. The quantitative estimate of drug-likeness (QED) is 0.322. The first-order valence-electron chi connectivity index (χ1n) is 3.74. The number of aliphatic imine (C=N–C) groups is 1. The summed E-state index contributed by atoms with van der Waals surface area (Å²) in [6.45, 7) is 3.78. The van der Waals surface area contributed by atoms with E-state index in [1.165, 1.54) is 6.42 Å². The maximum Gasteiger partial charge on any atom is 0.0824 e. The number of nitrogens with zero attached hydrogens (tertiary/aromatic N) is 1. The SMILES string of the molecule is CCCCN=CNCCO. The molecular formula is C7H16N2O. The van der Waals surface area contributed by atoms with Gasteiger partial charge in [0.05, 0.1) is 12.9 Å². The largest absolute Gasteiger partial charge is 0.395 e. The Hall–Kier alpha value is -0.570. The van der Waals surface area contributed by atoms with Crippen molar-refractivity contribution >= 4 is 6.34 Å². The van der Waals surface area contributed by atoms with E-state index in [1.807, 2.05) is 0 Å². The zero-order valence-electron chi connectivity index (χ0n) is 6.51. The van der Waals surface area contributed by atoms with Gasteiger partial charge in [-0.05, 0) is 6.42 Å². The van der Waals surface area contributed by atoms with Crippen LogP contribution in [-0.2, 0) is 0 Å². The molecule has 0 aliphatic carbocycles. The number of unbranched alkanes of at least 4 members (excludes halogenated alkanes) is 1. The van der Waals surface area contributed by atoms with E-state index in [2.05, 4.69) is 17.2 Å². The molecule has 0 unspecified atom stereocenters. The molecular weight excluding hydrogens is 128 g/mol. The van der Waals surface area contributed by atoms with Crippen LogP contribution in [0.4, 0.5) is 0 Å². The van der Waals surface area contributed by atoms with Gasteiger partial charge in [0.25, 0.3) is 0 Å². The summed E-state index contributed by atoms with van der Waals surface area (Å²) in [7, 11) is 0. The molecule has 2 N–H and O–H groups in total. The fraction of sp³-hybridized carbons (Fsp3) is 0.857. The molecule has 0 aliphatic rings. The van der Waals surface area contributed by atoms with Crippen LogP contribution in [-0.4, -0.2) is 31.1 Å². The average Bonchev–Trinajstić information content (AvgIpc) is 1.97. The van der Waals surface area contributed by atoms with E-state index in [0.717, 1.165) is 13.0 Å². The second kappa shape index (κ2) is 8.43. The molecule has 0 radical (unpaired) electrons. The van der Waals surface area contributed by atoms with E-state index in [1.54, 1.807) is 6.34 Å². The van der Waals surface area contributed by atoms with Crippen molar-refractivity contribution in [3.63, 3.8) is 0 Å². The van der Waals surface area contributed by atoms with Gasteiger partial charge >= 0.3 is 0 Å². The van der Waals surface area contributed by atoms with E-state index in [-0.39, 0.29) is 6.61 Å². The molecule has 0 aromatic rings. The molecule has 0 aromatic heterocycles. The Morgan fingerprint density at radius 2 is 2.40 bits per heavy atom. The lowest BCUT2D eigenvalue weighted by atomic mass is 10.3. The molecule has 0 spiro atoms. The average molecular weight is 144 g/mol. The normalized spacial score (nSPS) is 10.6. The molecule has 3 nitrogen and oxygen atoms in total. The fourth-order valence-electron chi connectivity index (χ4n) is 0.508. The fourth-order valence-corrected chi connectivity index (χ4v) is 0.508. The molecule has 10 heavy (non-hydrogen) atoms. The first-order chi connectivity index (χ1) is 4.91. The maximum absolute atomic E-state index is 8.34. The smallest absolute Gasteiger partial charge is 0.0824 e. The molecule has 3 heteroatoms. The number of aliphatic hydroxyl groups excluding tert-OH is 1. The molecule has 0 saturated heterocycles. The van der Waals surface area contributed by atoms with Gasteiger partial charge in [-0.1, -0.05) is 13.3 Å². The van der Waals surface area contributed by atoms with Crippen LogP contribution < -0.4 is 5.32 Å². The Morgan fingerprint density at radius 3 is 3.00 bits per heavy atom. The Bertz CT molecular complexity index is 73.7. The van der Waals surface area contributed by atoms with Crippen molar-refractivity contribution in [2.45, 2.75) is 19.8 Å². The first-order valence-corrected chi connectivity index (χ1v) is 3.74. The molecule has 0 rings (SSSR count). The summed E-state index contributed by atoms with van der Waals surface area (Å²) in [5.41, 5.74) is 0. The zero-order valence-corrected chi connectivity index (χ0v) is 6.51. The minimum atomic E-state index is 0.166. The van der Waals surface area contributed by atoms with Crippen LogP contribution in [0.1, 0.15) is 19.8 Å². The lowest BCUT2D eigenvalue weighted by Crippen LogP contribution is -2.15. The number of hydrogen-bond donors (Lipinski definition) is 2. The third-order valence-electron chi connectivity index (χ3n) is 1.08. The minimum Gasteiger partial charge on any atom is -0.395 e. The van der Waals surface area contributed by atoms with E-state index in [0.29, 0.717) is 6.54 Å². The maximum atomic E-state index is 8.34. The van der Waals surface area contributed by atoms with Crippen LogP contribution in [0.15, 0.2) is 4.99 Å². The van der Waals surface area contributed by atoms with Gasteiger partial charge in [-0.15, -0.1) is 0 Å². The van der Waals surface area contributed by atoms with Crippen molar-refractivity contribution in [2.75, 3.05) is 19.7 Å². The number of hydrogen-bond acceptors (Lipinski definition) is 2. The summed E-state index contributed by atoms with van der Waals surface area (Å²) in [6, 6.07) is 0. The highest BCUT2D eigenvalue weighted by atomic mass is 16.3. The molecule has 0 saturated carbocycles. The minimum absolute atomic E-state index is 0.166. The molecule has 0 aliphatic heterocycles. The highest BCUT2D eigenvalue weighted by Crippen LogP contribution is 1.84. The van der Waals surface area contributed by atoms with Crippen molar-refractivity contribution in [2.24, 2.45) is 4.99 Å². The molecule has 0 fully saturated rings. The van der Waals surface area contributed by atoms with Crippen LogP contribution in [0.5, 0.6) is 0 Å². The predicted molar refractivity (Wildman–Crippen MR) is 43.4 cm³/mol. The van der Waals surface area contributed by atoms with Crippen LogP contribution in [0.2, 0.25) is 0 Å². The summed E-state index contributed by atoms with van der Waals surface area (Å²) >= 11 is 0.